The van der Waals surface area contributed by atoms with E-state index < -0.39 is 17.6 Å². The average molecular weight is 317 g/mol. The van der Waals surface area contributed by atoms with E-state index in [0.29, 0.717) is 6.42 Å². The van der Waals surface area contributed by atoms with Crippen molar-refractivity contribution in [2.45, 2.75) is 26.3 Å². The van der Waals surface area contributed by atoms with Crippen molar-refractivity contribution in [2.24, 2.45) is 5.92 Å². The van der Waals surface area contributed by atoms with E-state index in [9.17, 15) is 14.0 Å². The summed E-state index contributed by atoms with van der Waals surface area (Å²) in [5.41, 5.74) is -0.122. The number of halogens is 2. The lowest BCUT2D eigenvalue weighted by molar-refractivity contribution is -0.136. The molecule has 0 aliphatic carbocycles. The van der Waals surface area contributed by atoms with Crippen LogP contribution in [0, 0.1) is 11.7 Å². The summed E-state index contributed by atoms with van der Waals surface area (Å²) in [7, 11) is 0. The van der Waals surface area contributed by atoms with Crippen LogP contribution >= 0.6 is 11.6 Å². The molecule has 1 atom stereocenters. The molecule has 1 rings (SSSR count). The predicted molar refractivity (Wildman–Crippen MR) is 78.5 cm³/mol. The third-order valence-electron chi connectivity index (χ3n) is 2.95. The maximum atomic E-state index is 13.5. The Kier molecular flexibility index (Phi) is 6.58. The fourth-order valence-electron chi connectivity index (χ4n) is 1.72. The molecule has 0 radical (unpaired) electrons. The highest BCUT2D eigenvalue weighted by atomic mass is 35.5. The van der Waals surface area contributed by atoms with Crippen molar-refractivity contribution in [2.75, 3.05) is 11.9 Å². The zero-order valence-electron chi connectivity index (χ0n) is 11.8. The van der Waals surface area contributed by atoms with E-state index in [1.165, 1.54) is 12.1 Å². The first-order valence-corrected chi connectivity index (χ1v) is 6.90. The molecule has 7 heteroatoms. The molecule has 1 aromatic rings. The number of hydrogen-bond acceptors (Lipinski definition) is 3. The minimum absolute atomic E-state index is 0.0566. The molecular formula is C14H18ClFN2O3. The first-order valence-electron chi connectivity index (χ1n) is 6.53. The largest absolute Gasteiger partial charge is 0.396 e. The quantitative estimate of drug-likeness (QED) is 0.726. The number of benzene rings is 1. The van der Waals surface area contributed by atoms with Crippen LogP contribution < -0.4 is 10.6 Å². The highest BCUT2D eigenvalue weighted by molar-refractivity contribution is 6.39. The Morgan fingerprint density at radius 2 is 2.00 bits per heavy atom. The van der Waals surface area contributed by atoms with Crippen molar-refractivity contribution in [1.29, 1.82) is 0 Å². The molecule has 0 bridgehead atoms. The SMILES string of the molecule is CC(C)C(CCO)NC(=O)C(=O)Nc1ccc(Cl)cc1F. The van der Waals surface area contributed by atoms with Gasteiger partial charge in [0.1, 0.15) is 5.82 Å². The number of aliphatic hydroxyl groups excluding tert-OH is 1. The van der Waals surface area contributed by atoms with Crippen molar-refractivity contribution in [1.82, 2.24) is 5.32 Å². The zero-order chi connectivity index (χ0) is 16.0. The summed E-state index contributed by atoms with van der Waals surface area (Å²) in [6.07, 6.45) is 0.339. The minimum Gasteiger partial charge on any atom is -0.396 e. The van der Waals surface area contributed by atoms with Crippen LogP contribution in [-0.2, 0) is 9.59 Å². The standard InChI is InChI=1S/C14H18ClFN2O3/c1-8(2)11(5-6-19)17-13(20)14(21)18-12-4-3-9(15)7-10(12)16/h3-4,7-8,11,19H,5-6H2,1-2H3,(H,17,20)(H,18,21). The van der Waals surface area contributed by atoms with E-state index >= 15 is 0 Å². The van der Waals surface area contributed by atoms with Crippen molar-refractivity contribution in [3.05, 3.63) is 29.0 Å². The van der Waals surface area contributed by atoms with Crippen LogP contribution in [0.5, 0.6) is 0 Å². The van der Waals surface area contributed by atoms with Crippen LogP contribution in [-0.4, -0.2) is 29.6 Å². The Hall–Kier alpha value is -1.66. The number of anilines is 1. The molecule has 116 valence electrons. The molecule has 1 unspecified atom stereocenters. The highest BCUT2D eigenvalue weighted by Gasteiger charge is 2.21. The van der Waals surface area contributed by atoms with Crippen molar-refractivity contribution < 1.29 is 19.1 Å². The van der Waals surface area contributed by atoms with Crippen molar-refractivity contribution in [3.8, 4) is 0 Å². The molecule has 2 amide bonds. The van der Waals surface area contributed by atoms with Crippen LogP contribution in [0.2, 0.25) is 5.02 Å². The van der Waals surface area contributed by atoms with Gasteiger partial charge in [0.2, 0.25) is 0 Å². The smallest absolute Gasteiger partial charge is 0.313 e. The predicted octanol–water partition coefficient (Wildman–Crippen LogP) is 1.94. The van der Waals surface area contributed by atoms with E-state index in [2.05, 4.69) is 10.6 Å². The minimum atomic E-state index is -0.972. The van der Waals surface area contributed by atoms with Gasteiger partial charge in [-0.15, -0.1) is 0 Å². The van der Waals surface area contributed by atoms with E-state index in [4.69, 9.17) is 16.7 Å². The molecule has 0 aromatic heterocycles. The van der Waals surface area contributed by atoms with Crippen molar-refractivity contribution >= 4 is 29.1 Å². The lowest BCUT2D eigenvalue weighted by Crippen LogP contribution is -2.44. The topological polar surface area (TPSA) is 78.4 Å². The maximum absolute atomic E-state index is 13.5. The molecule has 3 N–H and O–H groups in total. The van der Waals surface area contributed by atoms with Gasteiger partial charge in [-0.1, -0.05) is 25.4 Å². The third-order valence-corrected chi connectivity index (χ3v) is 3.18. The number of nitrogens with one attached hydrogen (secondary N) is 2. The molecule has 0 fully saturated rings. The Balaban J connectivity index is 2.68. The molecule has 0 aliphatic heterocycles. The van der Waals surface area contributed by atoms with Crippen LogP contribution in [0.4, 0.5) is 10.1 Å². The van der Waals surface area contributed by atoms with E-state index in [-0.39, 0.29) is 29.3 Å². The van der Waals surface area contributed by atoms with Gasteiger partial charge in [-0.2, -0.15) is 0 Å². The van der Waals surface area contributed by atoms with Gasteiger partial charge < -0.3 is 15.7 Å². The molecule has 0 spiro atoms. The molecule has 0 heterocycles. The number of carbonyl (C=O) groups is 2. The first kappa shape index (κ1) is 17.4. The Labute approximate surface area is 127 Å². The fourth-order valence-corrected chi connectivity index (χ4v) is 1.87. The van der Waals surface area contributed by atoms with Gasteiger partial charge >= 0.3 is 11.8 Å². The lowest BCUT2D eigenvalue weighted by atomic mass is 10.0. The van der Waals surface area contributed by atoms with Crippen molar-refractivity contribution in [3.63, 3.8) is 0 Å². The fraction of sp³-hybridized carbons (Fsp3) is 0.429. The molecule has 5 nitrogen and oxygen atoms in total. The Morgan fingerprint density at radius 3 is 2.52 bits per heavy atom. The molecular weight excluding hydrogens is 299 g/mol. The van der Waals surface area contributed by atoms with Gasteiger partial charge in [0.05, 0.1) is 5.69 Å². The lowest BCUT2D eigenvalue weighted by Gasteiger charge is -2.21. The molecule has 0 saturated heterocycles. The molecule has 0 aliphatic rings. The number of rotatable bonds is 5. The average Bonchev–Trinajstić information content (AvgIpc) is 2.41. The van der Waals surface area contributed by atoms with Crippen LogP contribution in [0.15, 0.2) is 18.2 Å². The van der Waals surface area contributed by atoms with E-state index in [0.717, 1.165) is 6.07 Å². The van der Waals surface area contributed by atoms with Crippen LogP contribution in [0.1, 0.15) is 20.3 Å². The van der Waals surface area contributed by atoms with Crippen LogP contribution in [0.25, 0.3) is 0 Å². The summed E-state index contributed by atoms with van der Waals surface area (Å²) < 4.78 is 13.5. The van der Waals surface area contributed by atoms with E-state index in [1.807, 2.05) is 13.8 Å². The van der Waals surface area contributed by atoms with Gasteiger partial charge in [0.15, 0.2) is 0 Å². The van der Waals surface area contributed by atoms with Gasteiger partial charge in [0.25, 0.3) is 0 Å². The first-order chi connectivity index (χ1) is 9.85. The summed E-state index contributed by atoms with van der Waals surface area (Å²) in [6, 6.07) is 3.39. The zero-order valence-corrected chi connectivity index (χ0v) is 12.6. The number of aliphatic hydroxyl groups is 1. The van der Waals surface area contributed by atoms with Gasteiger partial charge in [0, 0.05) is 17.7 Å². The van der Waals surface area contributed by atoms with E-state index in [1.54, 1.807) is 0 Å². The Bertz CT molecular complexity index is 523. The second kappa shape index (κ2) is 7.95. The second-order valence-electron chi connectivity index (χ2n) is 4.91. The summed E-state index contributed by atoms with van der Waals surface area (Å²) in [6.45, 7) is 3.62. The number of carbonyl (C=O) groups excluding carboxylic acids is 2. The third kappa shape index (κ3) is 5.32. The van der Waals surface area contributed by atoms with Gasteiger partial charge in [-0.3, -0.25) is 9.59 Å². The molecule has 21 heavy (non-hydrogen) atoms. The maximum Gasteiger partial charge on any atom is 0.313 e. The number of hydrogen-bond donors (Lipinski definition) is 3. The summed E-state index contributed by atoms with van der Waals surface area (Å²) >= 11 is 5.60. The summed E-state index contributed by atoms with van der Waals surface area (Å²) in [4.78, 5) is 23.5. The van der Waals surface area contributed by atoms with Gasteiger partial charge in [-0.05, 0) is 30.5 Å². The monoisotopic (exact) mass is 316 g/mol. The molecule has 1 aromatic carbocycles. The highest BCUT2D eigenvalue weighted by Crippen LogP contribution is 2.18. The summed E-state index contributed by atoms with van der Waals surface area (Å²) in [5.74, 6) is -2.52. The normalized spacial score (nSPS) is 12.1. The summed E-state index contributed by atoms with van der Waals surface area (Å²) in [5, 5.41) is 13.8. The Morgan fingerprint density at radius 1 is 1.33 bits per heavy atom. The molecule has 0 saturated carbocycles. The van der Waals surface area contributed by atoms with Crippen LogP contribution in [0.3, 0.4) is 0 Å². The second-order valence-corrected chi connectivity index (χ2v) is 5.35. The number of amides is 2. The van der Waals surface area contributed by atoms with Gasteiger partial charge in [-0.25, -0.2) is 4.39 Å².